The van der Waals surface area contributed by atoms with Crippen LogP contribution in [0, 0.1) is 5.82 Å². The zero-order valence-corrected chi connectivity index (χ0v) is 18.9. The Morgan fingerprint density at radius 3 is 2.36 bits per heavy atom. The van der Waals surface area contributed by atoms with Gasteiger partial charge in [0.25, 0.3) is 5.91 Å². The number of benzene rings is 3. The predicted octanol–water partition coefficient (Wildman–Crippen LogP) is 2.63. The van der Waals surface area contributed by atoms with Gasteiger partial charge in [-0.25, -0.2) is 12.8 Å². The number of piperazine rings is 1. The topological polar surface area (TPSA) is 78.9 Å². The molecule has 1 saturated heterocycles. The number of sulfonamides is 1. The van der Waals surface area contributed by atoms with Gasteiger partial charge in [0.1, 0.15) is 11.6 Å². The van der Waals surface area contributed by atoms with Gasteiger partial charge >= 0.3 is 0 Å². The quantitative estimate of drug-likeness (QED) is 0.547. The van der Waals surface area contributed by atoms with Crippen LogP contribution in [0.25, 0.3) is 10.8 Å². The van der Waals surface area contributed by atoms with Crippen LogP contribution in [0.1, 0.15) is 0 Å². The lowest BCUT2D eigenvalue weighted by Crippen LogP contribution is -2.50. The molecule has 1 aliphatic rings. The molecule has 33 heavy (non-hydrogen) atoms. The lowest BCUT2D eigenvalue weighted by atomic mass is 10.1. The molecule has 1 amide bonds. The Balaban J connectivity index is 1.20. The van der Waals surface area contributed by atoms with Crippen molar-refractivity contribution in [3.05, 3.63) is 72.5 Å². The van der Waals surface area contributed by atoms with Crippen molar-refractivity contribution >= 4 is 32.4 Å². The second kappa shape index (κ2) is 10.2. The maximum atomic E-state index is 13.1. The van der Waals surface area contributed by atoms with Crippen LogP contribution in [0.2, 0.25) is 0 Å². The van der Waals surface area contributed by atoms with E-state index in [1.807, 2.05) is 41.3 Å². The van der Waals surface area contributed by atoms with Crippen molar-refractivity contribution in [3.8, 4) is 5.75 Å². The second-order valence-electron chi connectivity index (χ2n) is 7.83. The summed E-state index contributed by atoms with van der Waals surface area (Å²) in [5.74, 6) is -0.273. The summed E-state index contributed by atoms with van der Waals surface area (Å²) in [6, 6.07) is 19.6. The third-order valence-corrected chi connectivity index (χ3v) is 7.47. The number of anilines is 1. The second-order valence-corrected chi connectivity index (χ2v) is 9.91. The van der Waals surface area contributed by atoms with Crippen LogP contribution in [0.5, 0.6) is 5.75 Å². The van der Waals surface area contributed by atoms with Gasteiger partial charge in [-0.2, -0.15) is 4.31 Å². The standard InChI is InChI=1S/C24H26FN3O4S/c25-21-6-8-22(9-7-21)27-12-14-28(15-13-27)33(30,31)16-11-26-24(29)18-32-23-10-5-19-3-1-2-4-20(19)17-23/h1-10,17H,11-16,18H2,(H,26,29). The van der Waals surface area contributed by atoms with E-state index in [0.29, 0.717) is 31.9 Å². The van der Waals surface area contributed by atoms with Crippen LogP contribution < -0.4 is 15.0 Å². The minimum Gasteiger partial charge on any atom is -0.484 e. The Labute approximate surface area is 192 Å². The summed E-state index contributed by atoms with van der Waals surface area (Å²) in [5, 5.41) is 4.71. The molecule has 1 aliphatic heterocycles. The monoisotopic (exact) mass is 471 g/mol. The van der Waals surface area contributed by atoms with E-state index in [1.165, 1.54) is 16.4 Å². The molecule has 0 unspecified atom stereocenters. The van der Waals surface area contributed by atoms with E-state index in [-0.39, 0.29) is 30.6 Å². The van der Waals surface area contributed by atoms with E-state index in [2.05, 4.69) is 5.32 Å². The molecule has 0 bridgehead atoms. The lowest BCUT2D eigenvalue weighted by Gasteiger charge is -2.35. The number of carbonyl (C=O) groups excluding carboxylic acids is 1. The first-order valence-electron chi connectivity index (χ1n) is 10.8. The summed E-state index contributed by atoms with van der Waals surface area (Å²) in [4.78, 5) is 14.1. The fourth-order valence-corrected chi connectivity index (χ4v) is 5.12. The van der Waals surface area contributed by atoms with Crippen molar-refractivity contribution in [1.82, 2.24) is 9.62 Å². The number of amides is 1. The SMILES string of the molecule is O=C(COc1ccc2ccccc2c1)NCCS(=O)(=O)N1CCN(c2ccc(F)cc2)CC1. The average Bonchev–Trinajstić information content (AvgIpc) is 2.83. The summed E-state index contributed by atoms with van der Waals surface area (Å²) in [5.41, 5.74) is 0.868. The fourth-order valence-electron chi connectivity index (χ4n) is 3.78. The molecular formula is C24H26FN3O4S. The Hall–Kier alpha value is -3.17. The maximum Gasteiger partial charge on any atom is 0.257 e. The molecule has 0 atom stereocenters. The number of halogens is 1. The minimum absolute atomic E-state index is 0.0143. The van der Waals surface area contributed by atoms with Gasteiger partial charge < -0.3 is 15.0 Å². The minimum atomic E-state index is -3.49. The molecule has 0 saturated carbocycles. The van der Waals surface area contributed by atoms with Crippen LogP contribution in [-0.2, 0) is 14.8 Å². The van der Waals surface area contributed by atoms with Crippen molar-refractivity contribution in [3.63, 3.8) is 0 Å². The van der Waals surface area contributed by atoms with E-state index < -0.39 is 10.0 Å². The molecule has 0 radical (unpaired) electrons. The molecule has 174 valence electrons. The van der Waals surface area contributed by atoms with Gasteiger partial charge in [0, 0.05) is 38.4 Å². The molecule has 1 N–H and O–H groups in total. The summed E-state index contributed by atoms with van der Waals surface area (Å²) in [7, 11) is -3.49. The predicted molar refractivity (Wildman–Crippen MR) is 126 cm³/mol. The Bertz CT molecular complexity index is 1210. The van der Waals surface area contributed by atoms with Crippen LogP contribution in [-0.4, -0.2) is 63.7 Å². The number of carbonyl (C=O) groups is 1. The highest BCUT2D eigenvalue weighted by atomic mass is 32.2. The number of fused-ring (bicyclic) bond motifs is 1. The third-order valence-electron chi connectivity index (χ3n) is 5.60. The van der Waals surface area contributed by atoms with Crippen molar-refractivity contribution < 1.29 is 22.3 Å². The van der Waals surface area contributed by atoms with E-state index in [4.69, 9.17) is 4.74 Å². The van der Waals surface area contributed by atoms with Gasteiger partial charge in [0.15, 0.2) is 6.61 Å². The summed E-state index contributed by atoms with van der Waals surface area (Å²) >= 11 is 0. The maximum absolute atomic E-state index is 13.1. The number of hydrogen-bond acceptors (Lipinski definition) is 5. The number of nitrogens with zero attached hydrogens (tertiary/aromatic N) is 2. The first-order valence-corrected chi connectivity index (χ1v) is 12.4. The van der Waals surface area contributed by atoms with Crippen molar-refractivity contribution in [2.45, 2.75) is 0 Å². The van der Waals surface area contributed by atoms with Crippen LogP contribution in [0.4, 0.5) is 10.1 Å². The normalized spacial score (nSPS) is 14.9. The van der Waals surface area contributed by atoms with Gasteiger partial charge in [-0.1, -0.05) is 30.3 Å². The van der Waals surface area contributed by atoms with E-state index in [1.54, 1.807) is 18.2 Å². The first kappa shape index (κ1) is 23.0. The van der Waals surface area contributed by atoms with E-state index in [9.17, 15) is 17.6 Å². The fraction of sp³-hybridized carbons (Fsp3) is 0.292. The van der Waals surface area contributed by atoms with Gasteiger partial charge in [0.2, 0.25) is 10.0 Å². The highest BCUT2D eigenvalue weighted by Crippen LogP contribution is 2.20. The molecule has 0 spiro atoms. The van der Waals surface area contributed by atoms with Gasteiger partial charge in [-0.3, -0.25) is 4.79 Å². The number of ether oxygens (including phenoxy) is 1. The van der Waals surface area contributed by atoms with Crippen LogP contribution >= 0.6 is 0 Å². The number of rotatable bonds is 8. The molecule has 1 fully saturated rings. The van der Waals surface area contributed by atoms with Crippen LogP contribution in [0.15, 0.2) is 66.7 Å². The lowest BCUT2D eigenvalue weighted by molar-refractivity contribution is -0.122. The highest BCUT2D eigenvalue weighted by Gasteiger charge is 2.26. The third kappa shape index (κ3) is 6.00. The van der Waals surface area contributed by atoms with E-state index >= 15 is 0 Å². The first-order chi connectivity index (χ1) is 15.9. The Morgan fingerprint density at radius 1 is 0.939 bits per heavy atom. The van der Waals surface area contributed by atoms with Crippen LogP contribution in [0.3, 0.4) is 0 Å². The largest absolute Gasteiger partial charge is 0.484 e. The highest BCUT2D eigenvalue weighted by molar-refractivity contribution is 7.89. The van der Waals surface area contributed by atoms with Crippen molar-refractivity contribution in [1.29, 1.82) is 0 Å². The van der Waals surface area contributed by atoms with Crippen molar-refractivity contribution in [2.24, 2.45) is 0 Å². The van der Waals surface area contributed by atoms with Crippen molar-refractivity contribution in [2.75, 3.05) is 50.0 Å². The van der Waals surface area contributed by atoms with E-state index in [0.717, 1.165) is 16.5 Å². The molecule has 3 aromatic rings. The molecule has 9 heteroatoms. The van der Waals surface area contributed by atoms with Gasteiger partial charge in [-0.05, 0) is 47.2 Å². The summed E-state index contributed by atoms with van der Waals surface area (Å²) < 4.78 is 45.3. The van der Waals surface area contributed by atoms with Gasteiger partial charge in [0.05, 0.1) is 5.75 Å². The Morgan fingerprint density at radius 2 is 1.64 bits per heavy atom. The number of hydrogen-bond donors (Lipinski definition) is 1. The van der Waals surface area contributed by atoms with Gasteiger partial charge in [-0.15, -0.1) is 0 Å². The molecular weight excluding hydrogens is 445 g/mol. The molecule has 7 nitrogen and oxygen atoms in total. The zero-order valence-electron chi connectivity index (χ0n) is 18.1. The number of nitrogens with one attached hydrogen (secondary N) is 1. The average molecular weight is 472 g/mol. The molecule has 1 heterocycles. The zero-order chi connectivity index (χ0) is 23.3. The smallest absolute Gasteiger partial charge is 0.257 e. The molecule has 0 aromatic heterocycles. The summed E-state index contributed by atoms with van der Waals surface area (Å²) in [6.07, 6.45) is 0. The molecule has 3 aromatic carbocycles. The molecule has 0 aliphatic carbocycles. The molecule has 4 rings (SSSR count). The Kier molecular flexibility index (Phi) is 7.10. The summed E-state index contributed by atoms with van der Waals surface area (Å²) in [6.45, 7) is 1.57.